The zero-order valence-electron chi connectivity index (χ0n) is 7.84. The van der Waals surface area contributed by atoms with Crippen molar-refractivity contribution in [3.05, 3.63) is 29.6 Å². The molecule has 2 N–H and O–H groups in total. The number of hydrogen-bond donors (Lipinski definition) is 2. The van der Waals surface area contributed by atoms with Crippen LogP contribution in [-0.2, 0) is 0 Å². The average molecular weight is 183 g/mol. The summed E-state index contributed by atoms with van der Waals surface area (Å²) in [6, 6.07) is 4.00. The van der Waals surface area contributed by atoms with Crippen molar-refractivity contribution in [2.24, 2.45) is 0 Å². The molecule has 72 valence electrons. The molecule has 0 bridgehead atoms. The zero-order valence-corrected chi connectivity index (χ0v) is 7.84. The normalized spacial score (nSPS) is 12.8. The molecule has 0 amide bonds. The van der Waals surface area contributed by atoms with Gasteiger partial charge in [-0.05, 0) is 31.7 Å². The van der Waals surface area contributed by atoms with Crippen molar-refractivity contribution in [3.8, 4) is 5.75 Å². The topological polar surface area (TPSA) is 32.3 Å². The quantitative estimate of drug-likeness (QED) is 0.753. The Hall–Kier alpha value is -1.09. The SMILES string of the molecule is CCC(NC)c1cc(F)ccc1O. The molecule has 0 aliphatic rings. The third-order valence-corrected chi connectivity index (χ3v) is 2.12. The molecule has 1 unspecified atom stereocenters. The molecule has 0 radical (unpaired) electrons. The van der Waals surface area contributed by atoms with Crippen LogP contribution in [0, 0.1) is 5.82 Å². The van der Waals surface area contributed by atoms with Crippen molar-refractivity contribution in [2.75, 3.05) is 7.05 Å². The summed E-state index contributed by atoms with van der Waals surface area (Å²) in [5, 5.41) is 12.5. The van der Waals surface area contributed by atoms with Gasteiger partial charge < -0.3 is 10.4 Å². The Morgan fingerprint density at radius 1 is 1.54 bits per heavy atom. The van der Waals surface area contributed by atoms with Crippen molar-refractivity contribution < 1.29 is 9.50 Å². The maximum atomic E-state index is 12.8. The van der Waals surface area contributed by atoms with Gasteiger partial charge in [0.2, 0.25) is 0 Å². The van der Waals surface area contributed by atoms with Crippen molar-refractivity contribution in [1.82, 2.24) is 5.32 Å². The predicted octanol–water partition coefficient (Wildman–Crippen LogP) is 2.20. The largest absolute Gasteiger partial charge is 0.508 e. The Kier molecular flexibility index (Phi) is 3.25. The molecule has 1 atom stereocenters. The highest BCUT2D eigenvalue weighted by atomic mass is 19.1. The van der Waals surface area contributed by atoms with Gasteiger partial charge in [0.15, 0.2) is 0 Å². The van der Waals surface area contributed by atoms with Crippen LogP contribution in [0.1, 0.15) is 24.9 Å². The fourth-order valence-corrected chi connectivity index (χ4v) is 1.38. The fraction of sp³-hybridized carbons (Fsp3) is 0.400. The molecule has 0 spiro atoms. The van der Waals surface area contributed by atoms with Gasteiger partial charge in [0.25, 0.3) is 0 Å². The number of hydrogen-bond acceptors (Lipinski definition) is 2. The molecule has 0 saturated carbocycles. The minimum atomic E-state index is -0.318. The van der Waals surface area contributed by atoms with E-state index >= 15 is 0 Å². The summed E-state index contributed by atoms with van der Waals surface area (Å²) in [7, 11) is 1.79. The number of halogens is 1. The third kappa shape index (κ3) is 2.18. The molecule has 2 nitrogen and oxygen atoms in total. The molecule has 0 aromatic heterocycles. The van der Waals surface area contributed by atoms with E-state index in [9.17, 15) is 9.50 Å². The van der Waals surface area contributed by atoms with Gasteiger partial charge in [-0.1, -0.05) is 6.92 Å². The fourth-order valence-electron chi connectivity index (χ4n) is 1.38. The van der Waals surface area contributed by atoms with Gasteiger partial charge in [0.05, 0.1) is 0 Å². The van der Waals surface area contributed by atoms with E-state index in [0.29, 0.717) is 5.56 Å². The molecule has 3 heteroatoms. The van der Waals surface area contributed by atoms with Crippen LogP contribution in [0.25, 0.3) is 0 Å². The number of benzene rings is 1. The average Bonchev–Trinajstić information content (AvgIpc) is 2.13. The van der Waals surface area contributed by atoms with Crippen LogP contribution in [0.15, 0.2) is 18.2 Å². The van der Waals surface area contributed by atoms with Crippen LogP contribution in [0.3, 0.4) is 0 Å². The van der Waals surface area contributed by atoms with Crippen LogP contribution < -0.4 is 5.32 Å². The standard InChI is InChI=1S/C10H14FNO/c1-3-9(12-2)8-6-7(11)4-5-10(8)13/h4-6,9,12-13H,3H2,1-2H3. The molecule has 0 saturated heterocycles. The van der Waals surface area contributed by atoms with E-state index in [4.69, 9.17) is 0 Å². The molecule has 13 heavy (non-hydrogen) atoms. The van der Waals surface area contributed by atoms with Crippen molar-refractivity contribution in [1.29, 1.82) is 0 Å². The summed E-state index contributed by atoms with van der Waals surface area (Å²) >= 11 is 0. The summed E-state index contributed by atoms with van der Waals surface area (Å²) in [6.45, 7) is 1.98. The van der Waals surface area contributed by atoms with Gasteiger partial charge >= 0.3 is 0 Å². The Morgan fingerprint density at radius 2 is 2.23 bits per heavy atom. The second-order valence-corrected chi connectivity index (χ2v) is 2.95. The van der Waals surface area contributed by atoms with Crippen LogP contribution in [-0.4, -0.2) is 12.2 Å². The lowest BCUT2D eigenvalue weighted by Gasteiger charge is -2.15. The van der Waals surface area contributed by atoms with E-state index in [1.54, 1.807) is 7.05 Å². The maximum Gasteiger partial charge on any atom is 0.123 e. The van der Waals surface area contributed by atoms with E-state index in [1.165, 1.54) is 18.2 Å². The van der Waals surface area contributed by atoms with Gasteiger partial charge in [0, 0.05) is 11.6 Å². The molecular formula is C10H14FNO. The highest BCUT2D eigenvalue weighted by Crippen LogP contribution is 2.26. The van der Waals surface area contributed by atoms with Crippen molar-refractivity contribution >= 4 is 0 Å². The van der Waals surface area contributed by atoms with E-state index in [0.717, 1.165) is 6.42 Å². The lowest BCUT2D eigenvalue weighted by atomic mass is 10.0. The first kappa shape index (κ1) is 9.99. The highest BCUT2D eigenvalue weighted by Gasteiger charge is 2.11. The minimum Gasteiger partial charge on any atom is -0.508 e. The Bertz CT molecular complexity index is 284. The highest BCUT2D eigenvalue weighted by molar-refractivity contribution is 5.35. The van der Waals surface area contributed by atoms with Crippen molar-refractivity contribution in [2.45, 2.75) is 19.4 Å². The van der Waals surface area contributed by atoms with Crippen LogP contribution in [0.5, 0.6) is 5.75 Å². The zero-order chi connectivity index (χ0) is 9.84. The van der Waals surface area contributed by atoms with Gasteiger partial charge in [-0.2, -0.15) is 0 Å². The first-order valence-corrected chi connectivity index (χ1v) is 4.34. The van der Waals surface area contributed by atoms with Crippen LogP contribution in [0.2, 0.25) is 0 Å². The second-order valence-electron chi connectivity index (χ2n) is 2.95. The minimum absolute atomic E-state index is 0.00991. The molecule has 1 aromatic carbocycles. The second kappa shape index (κ2) is 4.23. The summed E-state index contributed by atoms with van der Waals surface area (Å²) in [4.78, 5) is 0. The summed E-state index contributed by atoms with van der Waals surface area (Å²) in [6.07, 6.45) is 0.813. The van der Waals surface area contributed by atoms with E-state index in [-0.39, 0.29) is 17.6 Å². The number of phenolic OH excluding ortho intramolecular Hbond substituents is 1. The number of aromatic hydroxyl groups is 1. The smallest absolute Gasteiger partial charge is 0.123 e. The monoisotopic (exact) mass is 183 g/mol. The number of nitrogens with one attached hydrogen (secondary N) is 1. The third-order valence-electron chi connectivity index (χ3n) is 2.12. The van der Waals surface area contributed by atoms with Gasteiger partial charge in [0.1, 0.15) is 11.6 Å². The number of rotatable bonds is 3. The predicted molar refractivity (Wildman–Crippen MR) is 50.2 cm³/mol. The van der Waals surface area contributed by atoms with Gasteiger partial charge in [-0.15, -0.1) is 0 Å². The first-order chi connectivity index (χ1) is 6.19. The lowest BCUT2D eigenvalue weighted by Crippen LogP contribution is -2.15. The molecule has 0 aliphatic heterocycles. The summed E-state index contributed by atoms with van der Waals surface area (Å²) in [5.74, 6) is -0.177. The molecule has 0 heterocycles. The van der Waals surface area contributed by atoms with Crippen LogP contribution in [0.4, 0.5) is 4.39 Å². The van der Waals surface area contributed by atoms with E-state index < -0.39 is 0 Å². The van der Waals surface area contributed by atoms with E-state index in [2.05, 4.69) is 5.32 Å². The maximum absolute atomic E-state index is 12.8. The van der Waals surface area contributed by atoms with Crippen LogP contribution >= 0.6 is 0 Å². The van der Waals surface area contributed by atoms with E-state index in [1.807, 2.05) is 6.92 Å². The van der Waals surface area contributed by atoms with Gasteiger partial charge in [-0.25, -0.2) is 4.39 Å². The summed E-state index contributed by atoms with van der Waals surface area (Å²) in [5.41, 5.74) is 0.616. The molecular weight excluding hydrogens is 169 g/mol. The Morgan fingerprint density at radius 3 is 2.77 bits per heavy atom. The van der Waals surface area contributed by atoms with Gasteiger partial charge in [-0.3, -0.25) is 0 Å². The Labute approximate surface area is 77.4 Å². The lowest BCUT2D eigenvalue weighted by molar-refractivity contribution is 0.447. The summed E-state index contributed by atoms with van der Waals surface area (Å²) < 4.78 is 12.8. The molecule has 0 fully saturated rings. The molecule has 1 rings (SSSR count). The molecule has 0 aliphatic carbocycles. The number of phenols is 1. The Balaban J connectivity index is 3.03. The van der Waals surface area contributed by atoms with Crippen molar-refractivity contribution in [3.63, 3.8) is 0 Å². The first-order valence-electron chi connectivity index (χ1n) is 4.34. The molecule has 1 aromatic rings.